The van der Waals surface area contributed by atoms with Crippen LogP contribution in [0.1, 0.15) is 45.4 Å². The summed E-state index contributed by atoms with van der Waals surface area (Å²) in [5.41, 5.74) is -0.272. The first-order chi connectivity index (χ1) is 9.72. The predicted octanol–water partition coefficient (Wildman–Crippen LogP) is 2.46. The van der Waals surface area contributed by atoms with Crippen LogP contribution in [0.4, 0.5) is 0 Å². The number of nitrogens with zero attached hydrogens (tertiary/aromatic N) is 1. The number of amides is 1. The molecular formula is C16H31ClN2O2. The molecule has 2 saturated heterocycles. The number of ether oxygens (including phenoxy) is 1. The summed E-state index contributed by atoms with van der Waals surface area (Å²) in [5.74, 6) is 1.15. The molecule has 5 heteroatoms. The second-order valence-electron chi connectivity index (χ2n) is 6.46. The van der Waals surface area contributed by atoms with Crippen LogP contribution < -0.4 is 5.32 Å². The molecule has 2 fully saturated rings. The maximum absolute atomic E-state index is 13.0. The second kappa shape index (κ2) is 8.96. The summed E-state index contributed by atoms with van der Waals surface area (Å²) in [6, 6.07) is 0. The number of hydrogen-bond donors (Lipinski definition) is 1. The summed E-state index contributed by atoms with van der Waals surface area (Å²) in [4.78, 5) is 15.2. The summed E-state index contributed by atoms with van der Waals surface area (Å²) in [7, 11) is 1.71. The normalized spacial score (nSPS) is 25.8. The molecule has 0 aromatic carbocycles. The lowest BCUT2D eigenvalue weighted by molar-refractivity contribution is -0.147. The minimum absolute atomic E-state index is 0. The van der Waals surface area contributed by atoms with Gasteiger partial charge in [0.2, 0.25) is 5.91 Å². The Labute approximate surface area is 135 Å². The zero-order chi connectivity index (χ0) is 14.4. The van der Waals surface area contributed by atoms with Crippen molar-refractivity contribution in [1.29, 1.82) is 0 Å². The molecular weight excluding hydrogens is 288 g/mol. The number of halogens is 1. The Hall–Kier alpha value is -0.320. The molecule has 2 heterocycles. The molecule has 0 radical (unpaired) electrons. The Morgan fingerprint density at radius 3 is 2.62 bits per heavy atom. The minimum atomic E-state index is -0.272. The molecule has 2 aliphatic heterocycles. The van der Waals surface area contributed by atoms with Crippen LogP contribution in [0, 0.1) is 11.3 Å². The molecule has 0 saturated carbocycles. The van der Waals surface area contributed by atoms with Crippen molar-refractivity contribution in [1.82, 2.24) is 10.2 Å². The van der Waals surface area contributed by atoms with Crippen LogP contribution in [0.2, 0.25) is 0 Å². The summed E-state index contributed by atoms with van der Waals surface area (Å²) < 4.78 is 5.39. The van der Waals surface area contributed by atoms with Gasteiger partial charge in [0, 0.05) is 20.2 Å². The van der Waals surface area contributed by atoms with Crippen molar-refractivity contribution in [2.75, 3.05) is 39.9 Å². The first-order valence-corrected chi connectivity index (χ1v) is 8.21. The van der Waals surface area contributed by atoms with Gasteiger partial charge in [-0.3, -0.25) is 4.79 Å². The van der Waals surface area contributed by atoms with Gasteiger partial charge >= 0.3 is 0 Å². The molecule has 1 N–H and O–H groups in total. The average molecular weight is 319 g/mol. The lowest BCUT2D eigenvalue weighted by atomic mass is 9.78. The molecule has 1 amide bonds. The van der Waals surface area contributed by atoms with E-state index >= 15 is 0 Å². The van der Waals surface area contributed by atoms with Crippen molar-refractivity contribution in [3.05, 3.63) is 0 Å². The molecule has 2 aliphatic rings. The van der Waals surface area contributed by atoms with Gasteiger partial charge in [0.25, 0.3) is 0 Å². The highest BCUT2D eigenvalue weighted by Crippen LogP contribution is 2.33. The summed E-state index contributed by atoms with van der Waals surface area (Å²) in [6.07, 6.45) is 6.67. The van der Waals surface area contributed by atoms with Gasteiger partial charge in [-0.25, -0.2) is 0 Å². The van der Waals surface area contributed by atoms with E-state index in [1.54, 1.807) is 7.11 Å². The molecule has 1 atom stereocenters. The van der Waals surface area contributed by atoms with Crippen molar-refractivity contribution in [3.8, 4) is 0 Å². The summed E-state index contributed by atoms with van der Waals surface area (Å²) in [5, 5.41) is 3.36. The van der Waals surface area contributed by atoms with E-state index in [-0.39, 0.29) is 17.8 Å². The van der Waals surface area contributed by atoms with Crippen LogP contribution >= 0.6 is 12.4 Å². The van der Waals surface area contributed by atoms with Crippen molar-refractivity contribution in [2.45, 2.75) is 45.4 Å². The van der Waals surface area contributed by atoms with Gasteiger partial charge in [-0.2, -0.15) is 0 Å². The standard InChI is InChI=1S/C16H30N2O2.ClH/c1-3-14-5-4-11-18(12-6-14)15(19)16(13-20-2)7-9-17-10-8-16;/h14,17H,3-13H2,1-2H3;1H. The van der Waals surface area contributed by atoms with Crippen LogP contribution in [-0.4, -0.2) is 50.7 Å². The van der Waals surface area contributed by atoms with Crippen LogP contribution in [0.25, 0.3) is 0 Å². The third-order valence-electron chi connectivity index (χ3n) is 5.15. The van der Waals surface area contributed by atoms with Crippen molar-refractivity contribution < 1.29 is 9.53 Å². The number of rotatable bonds is 4. The van der Waals surface area contributed by atoms with Gasteiger partial charge in [-0.05, 0) is 51.1 Å². The topological polar surface area (TPSA) is 41.6 Å². The van der Waals surface area contributed by atoms with Gasteiger partial charge in [-0.1, -0.05) is 13.3 Å². The van der Waals surface area contributed by atoms with Gasteiger partial charge in [-0.15, -0.1) is 12.4 Å². The zero-order valence-corrected chi connectivity index (χ0v) is 14.3. The molecule has 0 aliphatic carbocycles. The van der Waals surface area contributed by atoms with E-state index in [9.17, 15) is 4.79 Å². The second-order valence-corrected chi connectivity index (χ2v) is 6.46. The molecule has 0 spiro atoms. The van der Waals surface area contributed by atoms with Crippen molar-refractivity contribution in [3.63, 3.8) is 0 Å². The lowest BCUT2D eigenvalue weighted by Gasteiger charge is -2.39. The summed E-state index contributed by atoms with van der Waals surface area (Å²) in [6.45, 7) is 6.58. The molecule has 1 unspecified atom stereocenters. The largest absolute Gasteiger partial charge is 0.384 e. The first kappa shape index (κ1) is 18.7. The number of piperidine rings is 1. The van der Waals surface area contributed by atoms with Gasteiger partial charge in [0.15, 0.2) is 0 Å². The number of carbonyl (C=O) groups excluding carboxylic acids is 1. The fourth-order valence-corrected chi connectivity index (χ4v) is 3.71. The molecule has 2 rings (SSSR count). The number of carbonyl (C=O) groups is 1. The molecule has 124 valence electrons. The van der Waals surface area contributed by atoms with Gasteiger partial charge in [0.05, 0.1) is 12.0 Å². The Morgan fingerprint density at radius 2 is 2.00 bits per heavy atom. The first-order valence-electron chi connectivity index (χ1n) is 8.21. The van der Waals surface area contributed by atoms with E-state index in [2.05, 4.69) is 17.1 Å². The fourth-order valence-electron chi connectivity index (χ4n) is 3.71. The Kier molecular flexibility index (Phi) is 7.99. The maximum atomic E-state index is 13.0. The van der Waals surface area contributed by atoms with Crippen molar-refractivity contribution in [2.24, 2.45) is 11.3 Å². The third kappa shape index (κ3) is 4.57. The number of methoxy groups -OCH3 is 1. The van der Waals surface area contributed by atoms with Crippen LogP contribution in [0.15, 0.2) is 0 Å². The Bertz CT molecular complexity index is 314. The maximum Gasteiger partial charge on any atom is 0.231 e. The predicted molar refractivity (Wildman–Crippen MR) is 87.9 cm³/mol. The molecule has 21 heavy (non-hydrogen) atoms. The van der Waals surface area contributed by atoms with Crippen LogP contribution in [0.5, 0.6) is 0 Å². The molecule has 4 nitrogen and oxygen atoms in total. The van der Waals surface area contributed by atoms with E-state index < -0.39 is 0 Å². The minimum Gasteiger partial charge on any atom is -0.384 e. The van der Waals surface area contributed by atoms with E-state index in [1.165, 1.54) is 19.3 Å². The van der Waals surface area contributed by atoms with E-state index in [4.69, 9.17) is 4.74 Å². The van der Waals surface area contributed by atoms with Gasteiger partial charge < -0.3 is 15.0 Å². The number of hydrogen-bond acceptors (Lipinski definition) is 3. The SMILES string of the molecule is CCC1CCCN(C(=O)C2(COC)CCNCC2)CC1.Cl. The zero-order valence-electron chi connectivity index (χ0n) is 13.5. The molecule has 0 aromatic heterocycles. The highest BCUT2D eigenvalue weighted by molar-refractivity contribution is 5.85. The smallest absolute Gasteiger partial charge is 0.231 e. The van der Waals surface area contributed by atoms with E-state index in [0.717, 1.165) is 51.4 Å². The quantitative estimate of drug-likeness (QED) is 0.865. The van der Waals surface area contributed by atoms with Gasteiger partial charge in [0.1, 0.15) is 0 Å². The Morgan fingerprint density at radius 1 is 1.29 bits per heavy atom. The monoisotopic (exact) mass is 318 g/mol. The van der Waals surface area contributed by atoms with Crippen LogP contribution in [-0.2, 0) is 9.53 Å². The molecule has 0 bridgehead atoms. The Balaban J connectivity index is 0.00000220. The van der Waals surface area contributed by atoms with E-state index in [0.29, 0.717) is 12.5 Å². The fraction of sp³-hybridized carbons (Fsp3) is 0.938. The number of likely N-dealkylation sites (tertiary alicyclic amines) is 1. The summed E-state index contributed by atoms with van der Waals surface area (Å²) >= 11 is 0. The van der Waals surface area contributed by atoms with Crippen LogP contribution in [0.3, 0.4) is 0 Å². The average Bonchev–Trinajstić information content (AvgIpc) is 2.73. The van der Waals surface area contributed by atoms with E-state index in [1.807, 2.05) is 0 Å². The highest BCUT2D eigenvalue weighted by atomic mass is 35.5. The highest BCUT2D eigenvalue weighted by Gasteiger charge is 2.42. The third-order valence-corrected chi connectivity index (χ3v) is 5.15. The molecule has 0 aromatic rings. The van der Waals surface area contributed by atoms with Crippen molar-refractivity contribution >= 4 is 18.3 Å². The number of nitrogens with one attached hydrogen (secondary N) is 1. The lowest BCUT2D eigenvalue weighted by Crippen LogP contribution is -2.51.